The molecule has 0 aliphatic carbocycles. The average Bonchev–Trinajstić information content (AvgIpc) is 1.83. The third-order valence-corrected chi connectivity index (χ3v) is 1.43. The van der Waals surface area contributed by atoms with Gasteiger partial charge in [-0.2, -0.15) is 0 Å². The summed E-state index contributed by atoms with van der Waals surface area (Å²) in [4.78, 5) is 0. The lowest BCUT2D eigenvalue weighted by atomic mass is 9.96. The quantitative estimate of drug-likeness (QED) is 0.706. The molecule has 7 heteroatoms. The molecule has 80 valence electrons. The van der Waals surface area contributed by atoms with Crippen molar-refractivity contribution in [3.8, 4) is 0 Å². The van der Waals surface area contributed by atoms with Crippen LogP contribution in [0.25, 0.3) is 0 Å². The second-order valence-corrected chi connectivity index (χ2v) is 3.05. The Morgan fingerprint density at radius 2 is 1.46 bits per heavy atom. The summed E-state index contributed by atoms with van der Waals surface area (Å²) in [5.74, 6) is -4.47. The lowest BCUT2D eigenvalue weighted by Crippen LogP contribution is -2.50. The molecule has 1 atom stereocenters. The predicted octanol–water partition coefficient (Wildman–Crippen LogP) is 2.26. The number of rotatable bonds is 4. The first kappa shape index (κ1) is 12.5. The molecule has 0 rings (SSSR count). The highest BCUT2D eigenvalue weighted by Crippen LogP contribution is 2.33. The van der Waals surface area contributed by atoms with Crippen molar-refractivity contribution in [1.82, 2.24) is 0 Å². The van der Waals surface area contributed by atoms with E-state index in [2.05, 4.69) is 0 Å². The van der Waals surface area contributed by atoms with Crippen molar-refractivity contribution in [2.45, 2.75) is 37.7 Å². The molecule has 0 amide bonds. The number of nitrogens with two attached hydrogens (primary N) is 1. The zero-order valence-corrected chi connectivity index (χ0v) is 6.71. The van der Waals surface area contributed by atoms with Crippen LogP contribution in [0.5, 0.6) is 0 Å². The van der Waals surface area contributed by atoms with Crippen LogP contribution in [0.4, 0.5) is 26.3 Å². The third kappa shape index (κ3) is 3.41. The lowest BCUT2D eigenvalue weighted by Gasteiger charge is -2.27. The van der Waals surface area contributed by atoms with Gasteiger partial charge in [0.25, 0.3) is 6.43 Å². The molecule has 0 fully saturated rings. The second-order valence-electron chi connectivity index (χ2n) is 3.05. The van der Waals surface area contributed by atoms with Crippen LogP contribution in [-0.2, 0) is 0 Å². The molecule has 2 N–H and O–H groups in total. The summed E-state index contributed by atoms with van der Waals surface area (Å²) < 4.78 is 71.4. The smallest absolute Gasteiger partial charge is 0.309 e. The van der Waals surface area contributed by atoms with Crippen LogP contribution in [0.3, 0.4) is 0 Å². The fraction of sp³-hybridized carbons (Fsp3) is 1.00. The Kier molecular flexibility index (Phi) is 3.60. The maximum atomic E-state index is 12.2. The molecule has 0 aliphatic heterocycles. The molecule has 0 aromatic rings. The first-order valence-corrected chi connectivity index (χ1v) is 3.32. The molecule has 0 aliphatic rings. The maximum absolute atomic E-state index is 12.2. The highest BCUT2D eigenvalue weighted by Gasteiger charge is 2.48. The van der Waals surface area contributed by atoms with Crippen LogP contribution in [0.1, 0.15) is 13.3 Å². The number of halogens is 6. The van der Waals surface area contributed by atoms with Crippen molar-refractivity contribution in [2.75, 3.05) is 0 Å². The molecular weight excluding hydrogens is 200 g/mol. The van der Waals surface area contributed by atoms with Gasteiger partial charge in [0, 0.05) is 6.42 Å². The van der Waals surface area contributed by atoms with E-state index in [9.17, 15) is 26.3 Å². The molecule has 0 saturated heterocycles. The van der Waals surface area contributed by atoms with E-state index in [1.54, 1.807) is 0 Å². The number of hydrogen-bond donors (Lipinski definition) is 1. The molecule has 0 bridgehead atoms. The highest BCUT2D eigenvalue weighted by molar-refractivity contribution is 4.88. The minimum absolute atomic E-state index is 0.605. The molecule has 0 aromatic heterocycles. The van der Waals surface area contributed by atoms with Gasteiger partial charge in [0.2, 0.25) is 0 Å². The van der Waals surface area contributed by atoms with Crippen LogP contribution in [0, 0.1) is 0 Å². The van der Waals surface area contributed by atoms with Gasteiger partial charge < -0.3 is 5.73 Å². The van der Waals surface area contributed by atoms with Crippen molar-refractivity contribution in [3.05, 3.63) is 0 Å². The molecule has 0 heterocycles. The maximum Gasteiger partial charge on any atom is 0.309 e. The Morgan fingerprint density at radius 3 is 1.69 bits per heavy atom. The van der Waals surface area contributed by atoms with Crippen molar-refractivity contribution >= 4 is 0 Å². The van der Waals surface area contributed by atoms with Gasteiger partial charge in [-0.3, -0.25) is 0 Å². The van der Waals surface area contributed by atoms with Crippen LogP contribution in [0.2, 0.25) is 0 Å². The van der Waals surface area contributed by atoms with Crippen LogP contribution >= 0.6 is 0 Å². The molecule has 1 nitrogen and oxygen atoms in total. The SMILES string of the molecule is CC(N)(CC(F)(F)C(F)F)C(F)F. The van der Waals surface area contributed by atoms with E-state index in [-0.39, 0.29) is 0 Å². The van der Waals surface area contributed by atoms with E-state index in [1.165, 1.54) is 0 Å². The summed E-state index contributed by atoms with van der Waals surface area (Å²) in [7, 11) is 0. The van der Waals surface area contributed by atoms with E-state index in [1.807, 2.05) is 0 Å². The Bertz CT molecular complexity index is 149. The van der Waals surface area contributed by atoms with E-state index >= 15 is 0 Å². The second kappa shape index (κ2) is 3.73. The molecule has 0 spiro atoms. The average molecular weight is 209 g/mol. The third-order valence-electron chi connectivity index (χ3n) is 1.43. The van der Waals surface area contributed by atoms with Gasteiger partial charge >= 0.3 is 12.3 Å². The zero-order chi connectivity index (χ0) is 10.9. The fourth-order valence-electron chi connectivity index (χ4n) is 0.662. The summed E-state index contributed by atoms with van der Waals surface area (Å²) in [6.07, 6.45) is -8.98. The monoisotopic (exact) mass is 209 g/mol. The normalized spacial score (nSPS) is 18.0. The molecule has 1 unspecified atom stereocenters. The van der Waals surface area contributed by atoms with Gasteiger partial charge in [-0.15, -0.1) is 0 Å². The van der Waals surface area contributed by atoms with Gasteiger partial charge in [-0.1, -0.05) is 0 Å². The van der Waals surface area contributed by atoms with Crippen molar-refractivity contribution < 1.29 is 26.3 Å². The molecular formula is C6H9F6N. The molecule has 13 heavy (non-hydrogen) atoms. The van der Waals surface area contributed by atoms with Gasteiger partial charge in [-0.25, -0.2) is 26.3 Å². The minimum atomic E-state index is -4.47. The summed E-state index contributed by atoms with van der Waals surface area (Å²) >= 11 is 0. The standard InChI is InChI=1S/C6H9F6N/c1-5(13,3(7)8)2-6(11,12)4(9)10/h3-4H,2,13H2,1H3. The molecule has 0 aromatic carbocycles. The number of hydrogen-bond acceptors (Lipinski definition) is 1. The largest absolute Gasteiger partial charge is 0.320 e. The Balaban J connectivity index is 4.42. The van der Waals surface area contributed by atoms with E-state index < -0.39 is 30.7 Å². The van der Waals surface area contributed by atoms with Crippen molar-refractivity contribution in [3.63, 3.8) is 0 Å². The summed E-state index contributed by atoms with van der Waals surface area (Å²) in [6.45, 7) is 0.605. The lowest BCUT2D eigenvalue weighted by molar-refractivity contribution is -0.152. The van der Waals surface area contributed by atoms with Gasteiger partial charge in [0.1, 0.15) is 0 Å². The van der Waals surface area contributed by atoms with E-state index in [4.69, 9.17) is 5.73 Å². The molecule has 0 radical (unpaired) electrons. The van der Waals surface area contributed by atoms with Crippen molar-refractivity contribution in [2.24, 2.45) is 5.73 Å². The fourth-order valence-corrected chi connectivity index (χ4v) is 0.662. The highest BCUT2D eigenvalue weighted by atomic mass is 19.3. The Morgan fingerprint density at radius 1 is 1.08 bits per heavy atom. The van der Waals surface area contributed by atoms with E-state index in [0.717, 1.165) is 0 Å². The first-order chi connectivity index (χ1) is 5.59. The first-order valence-electron chi connectivity index (χ1n) is 3.32. The van der Waals surface area contributed by atoms with Crippen LogP contribution < -0.4 is 5.73 Å². The zero-order valence-electron chi connectivity index (χ0n) is 6.71. The van der Waals surface area contributed by atoms with E-state index in [0.29, 0.717) is 6.92 Å². The summed E-state index contributed by atoms with van der Waals surface area (Å²) in [6, 6.07) is 0. The Hall–Kier alpha value is -0.460. The van der Waals surface area contributed by atoms with Crippen molar-refractivity contribution in [1.29, 1.82) is 0 Å². The minimum Gasteiger partial charge on any atom is -0.320 e. The molecule has 0 saturated carbocycles. The predicted molar refractivity (Wildman–Crippen MR) is 34.2 cm³/mol. The number of alkyl halides is 6. The van der Waals surface area contributed by atoms with Crippen LogP contribution in [0.15, 0.2) is 0 Å². The Labute approximate surface area is 70.9 Å². The summed E-state index contributed by atoms with van der Waals surface area (Å²) in [5, 5.41) is 0. The van der Waals surface area contributed by atoms with Gasteiger partial charge in [-0.05, 0) is 6.92 Å². The van der Waals surface area contributed by atoms with Crippen LogP contribution in [-0.4, -0.2) is 24.3 Å². The van der Waals surface area contributed by atoms with Gasteiger partial charge in [0.05, 0.1) is 5.54 Å². The van der Waals surface area contributed by atoms with Gasteiger partial charge in [0.15, 0.2) is 0 Å². The summed E-state index contributed by atoms with van der Waals surface area (Å²) in [5.41, 5.74) is 2.12. The topological polar surface area (TPSA) is 26.0 Å².